The van der Waals surface area contributed by atoms with Gasteiger partial charge in [0.15, 0.2) is 12.6 Å². The molecule has 1 aromatic heterocycles. The van der Waals surface area contributed by atoms with Crippen LogP contribution in [0.1, 0.15) is 117 Å². The van der Waals surface area contributed by atoms with E-state index in [1.165, 1.54) is 6.20 Å². The predicted octanol–water partition coefficient (Wildman–Crippen LogP) is -0.366. The maximum absolute atomic E-state index is 11.1. The van der Waals surface area contributed by atoms with Gasteiger partial charge in [0.05, 0.1) is 21.7 Å². The number of carbonyl (C=O) groups excluding carboxylic acids is 6. The number of primary amides is 1. The first kappa shape index (κ1) is 83.8. The third kappa shape index (κ3) is 56.8. The van der Waals surface area contributed by atoms with Crippen molar-refractivity contribution in [3.8, 4) is 0 Å². The van der Waals surface area contributed by atoms with Crippen LogP contribution < -0.4 is 78.7 Å². The Morgan fingerprint density at radius 2 is 1.09 bits per heavy atom. The molecule has 2 aliphatic heterocycles. The number of nitrogens with zero attached hydrogens (tertiary/aromatic N) is 1. The number of carbonyl (C=O) groups is 7. The normalized spacial score (nSPS) is 15.4. The maximum atomic E-state index is 11.1. The average molecular weight is 1200 g/mol. The summed E-state index contributed by atoms with van der Waals surface area (Å²) in [4.78, 5) is 87.6. The molecule has 0 radical (unpaired) electrons. The first-order valence-corrected chi connectivity index (χ1v) is 25.2. The number of aromatic amines is 1. The van der Waals surface area contributed by atoms with Gasteiger partial charge in [0.25, 0.3) is 5.56 Å². The first-order chi connectivity index (χ1) is 31.5. The molecule has 3 rings (SSSR count). The number of aliphatic hydroxyl groups is 1. The van der Waals surface area contributed by atoms with E-state index in [-0.39, 0.29) is 125 Å². The van der Waals surface area contributed by atoms with Crippen LogP contribution in [0, 0.1) is 29.6 Å². The van der Waals surface area contributed by atoms with Crippen molar-refractivity contribution in [2.24, 2.45) is 46.8 Å². The number of aliphatic carboxylic acids is 1. The van der Waals surface area contributed by atoms with Crippen molar-refractivity contribution < 1.29 is 79.9 Å². The Kier molecular flexibility index (Phi) is 69.1. The zero-order chi connectivity index (χ0) is 55.1. The van der Waals surface area contributed by atoms with E-state index in [9.17, 15) is 28.8 Å². The number of Topliss-reactive ketones (excluding diaryl/α,β-unsaturated/α-hetero) is 1. The van der Waals surface area contributed by atoms with Gasteiger partial charge >= 0.3 is 35.5 Å². The van der Waals surface area contributed by atoms with Gasteiger partial charge in [-0.05, 0) is 43.4 Å². The van der Waals surface area contributed by atoms with Gasteiger partial charge in [0.1, 0.15) is 16.3 Å². The monoisotopic (exact) mass is 1190 g/mol. The van der Waals surface area contributed by atoms with E-state index in [1.807, 2.05) is 83.1 Å². The summed E-state index contributed by atoms with van der Waals surface area (Å²) >= 11 is 9.40. The summed E-state index contributed by atoms with van der Waals surface area (Å²) in [5, 5.41) is 36.7. The molecule has 13 N–H and O–H groups in total. The molecule has 2 fully saturated rings. The van der Waals surface area contributed by atoms with E-state index in [0.29, 0.717) is 36.5 Å². The van der Waals surface area contributed by atoms with Crippen molar-refractivity contribution in [2.45, 2.75) is 136 Å². The van der Waals surface area contributed by atoms with E-state index in [1.54, 1.807) is 27.0 Å². The van der Waals surface area contributed by atoms with Gasteiger partial charge in [-0.2, -0.15) is 0 Å². The number of ketones is 1. The SMILES string of the molecule is CC(=O)C(Br)C(C)C.CC(C)C(Br)C(=O)O.CC(C)C(Br)C(N)=O.CC(C)C1NCCNC1=O.CC(C)C1NCCNC1=O.CC(C)c1ncc[nH]c1=O.CCO.CC[O-].NCCN.O=CC=O.[HH].[Na+]. The third-order valence-corrected chi connectivity index (χ3v) is 12.3. The number of piperazine rings is 2. The number of amides is 3. The number of H-pyrrole nitrogens is 1. The van der Waals surface area contributed by atoms with Crippen LogP contribution in [0.2, 0.25) is 0 Å². The van der Waals surface area contributed by atoms with Gasteiger partial charge in [-0.25, -0.2) is 0 Å². The molecule has 0 aliphatic carbocycles. The zero-order valence-electron chi connectivity index (χ0n) is 44.2. The number of carboxylic acids is 1. The van der Waals surface area contributed by atoms with Crippen LogP contribution in [-0.2, 0) is 33.6 Å². The molecule has 3 amide bonds. The number of hydrogen-bond donors (Lipinski definition) is 10. The zero-order valence-corrected chi connectivity index (χ0v) is 51.0. The Bertz CT molecular complexity index is 1390. The number of nitrogens with one attached hydrogen (secondary N) is 5. The number of halogens is 3. The number of alkyl halides is 3. The van der Waals surface area contributed by atoms with Gasteiger partial charge in [0.2, 0.25) is 17.7 Å². The summed E-state index contributed by atoms with van der Waals surface area (Å²) in [5.41, 5.74) is 15.3. The molecular weight excluding hydrogens is 1110 g/mol. The second-order valence-electron chi connectivity index (χ2n) is 16.1. The fourth-order valence-electron chi connectivity index (χ4n) is 4.17. The molecule has 1 aromatic rings. The number of carboxylic acid groups (broad SMARTS) is 1. The predicted molar refractivity (Wildman–Crippen MR) is 284 cm³/mol. The minimum atomic E-state index is -0.792. The average Bonchev–Trinajstić information content (AvgIpc) is 3.27. The van der Waals surface area contributed by atoms with Crippen molar-refractivity contribution in [3.05, 3.63) is 28.4 Å². The molecule has 0 spiro atoms. The van der Waals surface area contributed by atoms with Crippen molar-refractivity contribution in [1.29, 1.82) is 0 Å². The van der Waals surface area contributed by atoms with Crippen molar-refractivity contribution in [2.75, 3.05) is 52.5 Å². The van der Waals surface area contributed by atoms with Crippen molar-refractivity contribution in [1.82, 2.24) is 31.2 Å². The van der Waals surface area contributed by atoms with Gasteiger partial charge in [-0.1, -0.05) is 138 Å². The fraction of sp³-hybridized carbons (Fsp3) is 0.756. The van der Waals surface area contributed by atoms with Crippen LogP contribution in [0.25, 0.3) is 0 Å². The van der Waals surface area contributed by atoms with Crippen LogP contribution in [0.5, 0.6) is 0 Å². The Labute approximate surface area is 461 Å². The summed E-state index contributed by atoms with van der Waals surface area (Å²) < 4.78 is 0. The molecular formula is C45H91Br3N9NaO11. The molecule has 20 nitrogen and oxygen atoms in total. The second kappa shape index (κ2) is 56.9. The fourth-order valence-corrected chi connectivity index (χ4v) is 4.17. The Hall–Kier alpha value is -2.03. The van der Waals surface area contributed by atoms with Gasteiger partial charge in [-0.3, -0.25) is 43.3 Å². The molecule has 0 aromatic carbocycles. The molecule has 3 heterocycles. The number of hydrogen-bond acceptors (Lipinski definition) is 15. The number of aromatic nitrogens is 2. The van der Waals surface area contributed by atoms with Gasteiger partial charge < -0.3 is 58.8 Å². The van der Waals surface area contributed by atoms with E-state index in [0.717, 1.165) is 26.2 Å². The summed E-state index contributed by atoms with van der Waals surface area (Å²) in [6, 6.07) is 0.0440. The quantitative estimate of drug-likeness (QED) is 0.0585. The van der Waals surface area contributed by atoms with Crippen molar-refractivity contribution in [3.63, 3.8) is 0 Å². The molecule has 24 heteroatoms. The Morgan fingerprint density at radius 3 is 1.20 bits per heavy atom. The molecule has 404 valence electrons. The second-order valence-corrected chi connectivity index (χ2v) is 19.1. The Balaban J connectivity index is -0.0000000862. The number of aldehydes is 2. The third-order valence-electron chi connectivity index (χ3n) is 7.63. The standard InChI is InChI=1S/2C7H14N2O.C7H10N2O.C6H11BrO.C5H10BrNO.C5H9BrO2.C2H8N2.C2H2O2.C2H6O.C2H5O.Na.H2/c3*1-5(2)6-7(10)9-4-3-8-6;1-4(2)6(7)5(3)8;2*1-3(2)4(6)5(7)8;2*3-1-2-4;2*1-2-3;;/h2*5-6,8H,3-4H2,1-2H3,(H,9,10);3-5H,1-2H3,(H,9,10);4,6H,1-3H3;3-4H,1-2H3,(H2,7,8);3-4H,1-2H3,(H,7,8);1-4H2;1-2H;3H,2H2,1H3;2H2,1H3;;1H/q;;;;;;;;;-1;+1;. The molecule has 2 saturated heterocycles. The smallest absolute Gasteiger partial charge is 0.855 e. The molecule has 0 bridgehead atoms. The topological polar surface area (TPSA) is 355 Å². The number of aliphatic hydroxyl groups excluding tert-OH is 1. The van der Waals surface area contributed by atoms with Crippen LogP contribution in [0.4, 0.5) is 0 Å². The number of rotatable bonds is 11. The summed E-state index contributed by atoms with van der Waals surface area (Å²) in [6.07, 6.45) is 3.52. The summed E-state index contributed by atoms with van der Waals surface area (Å²) in [7, 11) is 0. The molecule has 69 heavy (non-hydrogen) atoms. The van der Waals surface area contributed by atoms with Crippen LogP contribution in [0.15, 0.2) is 17.2 Å². The van der Waals surface area contributed by atoms with Crippen LogP contribution >= 0.6 is 47.8 Å². The largest absolute Gasteiger partial charge is 1.00 e. The minimum Gasteiger partial charge on any atom is -0.855 e. The van der Waals surface area contributed by atoms with E-state index < -0.39 is 10.8 Å². The summed E-state index contributed by atoms with van der Waals surface area (Å²) in [6.45, 7) is 33.3. The summed E-state index contributed by atoms with van der Waals surface area (Å²) in [5.74, 6) is 1.24. The van der Waals surface area contributed by atoms with Gasteiger partial charge in [-0.15, -0.1) is 6.61 Å². The maximum Gasteiger partial charge on any atom is 1.00 e. The first-order valence-electron chi connectivity index (χ1n) is 22.5. The van der Waals surface area contributed by atoms with E-state index in [2.05, 4.69) is 79.0 Å². The van der Waals surface area contributed by atoms with Crippen molar-refractivity contribution >= 4 is 89.8 Å². The molecule has 5 unspecified atom stereocenters. The minimum absolute atomic E-state index is 0. The Morgan fingerprint density at radius 1 is 0.754 bits per heavy atom. The molecule has 2 aliphatic rings. The van der Waals surface area contributed by atoms with E-state index >= 15 is 0 Å². The van der Waals surface area contributed by atoms with Crippen LogP contribution in [0.3, 0.4) is 0 Å². The van der Waals surface area contributed by atoms with Gasteiger partial charge in [0, 0.05) is 65.6 Å². The number of nitrogens with two attached hydrogens (primary N) is 3. The van der Waals surface area contributed by atoms with E-state index in [4.69, 9.17) is 42.1 Å². The van der Waals surface area contributed by atoms with Crippen LogP contribution in [-0.4, -0.2) is 141 Å². The molecule has 0 saturated carbocycles. The molecule has 5 atom stereocenters.